The van der Waals surface area contributed by atoms with Gasteiger partial charge in [0, 0.05) is 16.8 Å². The molecule has 0 atom stereocenters. The SMILES string of the molecule is O=C(Cn1nc(-c2ccco2)ccc1=O)Nc1ccc(Cl)cc1. The molecule has 1 aromatic carbocycles. The summed E-state index contributed by atoms with van der Waals surface area (Å²) in [5.74, 6) is 0.162. The van der Waals surface area contributed by atoms with Crippen LogP contribution in [0.4, 0.5) is 5.69 Å². The molecular weight excluding hydrogens is 318 g/mol. The third kappa shape index (κ3) is 3.67. The van der Waals surface area contributed by atoms with Crippen molar-refractivity contribution in [3.05, 3.63) is 70.2 Å². The van der Waals surface area contributed by atoms with Crippen molar-refractivity contribution >= 4 is 23.2 Å². The summed E-state index contributed by atoms with van der Waals surface area (Å²) in [6, 6.07) is 13.0. The first-order valence-corrected chi connectivity index (χ1v) is 7.17. The molecule has 2 heterocycles. The van der Waals surface area contributed by atoms with Crippen LogP contribution < -0.4 is 10.9 Å². The third-order valence-electron chi connectivity index (χ3n) is 3.06. The average molecular weight is 330 g/mol. The van der Waals surface area contributed by atoms with Gasteiger partial charge in [-0.2, -0.15) is 5.10 Å². The standard InChI is InChI=1S/C16H12ClN3O3/c17-11-3-5-12(6-4-11)18-15(21)10-20-16(22)8-7-13(19-20)14-2-1-9-23-14/h1-9H,10H2,(H,18,21). The van der Waals surface area contributed by atoms with Gasteiger partial charge >= 0.3 is 0 Å². The number of hydrogen-bond acceptors (Lipinski definition) is 4. The Morgan fingerprint density at radius 2 is 1.96 bits per heavy atom. The van der Waals surface area contributed by atoms with Gasteiger partial charge in [0.05, 0.1) is 6.26 Å². The first-order chi connectivity index (χ1) is 11.1. The Hall–Kier alpha value is -2.86. The maximum absolute atomic E-state index is 12.0. The number of benzene rings is 1. The van der Waals surface area contributed by atoms with Crippen molar-refractivity contribution in [1.82, 2.24) is 9.78 Å². The predicted molar refractivity (Wildman–Crippen MR) is 86.3 cm³/mol. The normalized spacial score (nSPS) is 10.5. The summed E-state index contributed by atoms with van der Waals surface area (Å²) in [6.45, 7) is -0.198. The van der Waals surface area contributed by atoms with E-state index in [1.807, 2.05) is 0 Å². The Kier molecular flexibility index (Phi) is 4.25. The molecule has 3 aromatic rings. The lowest BCUT2D eigenvalue weighted by Crippen LogP contribution is -2.29. The number of amides is 1. The van der Waals surface area contributed by atoms with Crippen LogP contribution in [-0.4, -0.2) is 15.7 Å². The van der Waals surface area contributed by atoms with Gasteiger partial charge in [-0.25, -0.2) is 4.68 Å². The Morgan fingerprint density at radius 1 is 1.17 bits per heavy atom. The Morgan fingerprint density at radius 3 is 2.65 bits per heavy atom. The van der Waals surface area contributed by atoms with E-state index in [9.17, 15) is 9.59 Å². The summed E-state index contributed by atoms with van der Waals surface area (Å²) in [5.41, 5.74) is 0.704. The van der Waals surface area contributed by atoms with Gasteiger partial charge in [-0.1, -0.05) is 11.6 Å². The summed E-state index contributed by atoms with van der Waals surface area (Å²) in [5, 5.41) is 7.39. The molecule has 0 fully saturated rings. The largest absolute Gasteiger partial charge is 0.463 e. The molecule has 2 aromatic heterocycles. The topological polar surface area (TPSA) is 77.1 Å². The third-order valence-corrected chi connectivity index (χ3v) is 3.31. The van der Waals surface area contributed by atoms with E-state index in [-0.39, 0.29) is 18.0 Å². The highest BCUT2D eigenvalue weighted by atomic mass is 35.5. The summed E-state index contributed by atoms with van der Waals surface area (Å²) in [7, 11) is 0. The fourth-order valence-corrected chi connectivity index (χ4v) is 2.11. The number of halogens is 1. The quantitative estimate of drug-likeness (QED) is 0.798. The van der Waals surface area contributed by atoms with Crippen LogP contribution in [0.3, 0.4) is 0 Å². The van der Waals surface area contributed by atoms with Gasteiger partial charge in [0.1, 0.15) is 12.2 Å². The second-order valence-electron chi connectivity index (χ2n) is 4.75. The number of carbonyl (C=O) groups is 1. The smallest absolute Gasteiger partial charge is 0.267 e. The van der Waals surface area contributed by atoms with Crippen LogP contribution in [0.1, 0.15) is 0 Å². The number of aromatic nitrogens is 2. The van der Waals surface area contributed by atoms with E-state index in [2.05, 4.69) is 10.4 Å². The Bertz CT molecular complexity index is 870. The highest BCUT2D eigenvalue weighted by molar-refractivity contribution is 6.30. The van der Waals surface area contributed by atoms with Gasteiger partial charge in [0.25, 0.3) is 5.56 Å². The minimum absolute atomic E-state index is 0.198. The maximum Gasteiger partial charge on any atom is 0.267 e. The fourth-order valence-electron chi connectivity index (χ4n) is 1.99. The molecule has 0 saturated carbocycles. The zero-order valence-corrected chi connectivity index (χ0v) is 12.7. The van der Waals surface area contributed by atoms with Crippen molar-refractivity contribution in [2.45, 2.75) is 6.54 Å². The van der Waals surface area contributed by atoms with Gasteiger partial charge < -0.3 is 9.73 Å². The van der Waals surface area contributed by atoms with Crippen LogP contribution in [-0.2, 0) is 11.3 Å². The average Bonchev–Trinajstić information content (AvgIpc) is 3.06. The van der Waals surface area contributed by atoms with Gasteiger partial charge in [0.2, 0.25) is 5.91 Å². The first kappa shape index (κ1) is 15.1. The summed E-state index contributed by atoms with van der Waals surface area (Å²) < 4.78 is 6.32. The molecule has 3 rings (SSSR count). The summed E-state index contributed by atoms with van der Waals surface area (Å²) in [6.07, 6.45) is 1.51. The lowest BCUT2D eigenvalue weighted by Gasteiger charge is -2.07. The molecule has 0 bridgehead atoms. The van der Waals surface area contributed by atoms with Crippen LogP contribution in [0.25, 0.3) is 11.5 Å². The predicted octanol–water partition coefficient (Wildman–Crippen LogP) is 2.80. The van der Waals surface area contributed by atoms with Crippen molar-refractivity contribution in [3.8, 4) is 11.5 Å². The number of anilines is 1. The molecule has 1 amide bonds. The summed E-state index contributed by atoms with van der Waals surface area (Å²) in [4.78, 5) is 23.9. The molecule has 7 heteroatoms. The molecule has 0 unspecified atom stereocenters. The van der Waals surface area contributed by atoms with Crippen LogP contribution in [0.15, 0.2) is 64.0 Å². The van der Waals surface area contributed by atoms with Crippen molar-refractivity contribution in [1.29, 1.82) is 0 Å². The van der Waals surface area contributed by atoms with E-state index in [1.165, 1.54) is 12.3 Å². The molecule has 116 valence electrons. The van der Waals surface area contributed by atoms with E-state index in [4.69, 9.17) is 16.0 Å². The maximum atomic E-state index is 12.0. The number of rotatable bonds is 4. The van der Waals surface area contributed by atoms with Crippen LogP contribution >= 0.6 is 11.6 Å². The lowest BCUT2D eigenvalue weighted by molar-refractivity contribution is -0.117. The van der Waals surface area contributed by atoms with E-state index in [0.717, 1.165) is 4.68 Å². The molecule has 0 aliphatic heterocycles. The van der Waals surface area contributed by atoms with Crippen LogP contribution in [0.2, 0.25) is 5.02 Å². The second-order valence-corrected chi connectivity index (χ2v) is 5.18. The number of furan rings is 1. The second kappa shape index (κ2) is 6.50. The van der Waals surface area contributed by atoms with Gasteiger partial charge in [0.15, 0.2) is 5.76 Å². The van der Waals surface area contributed by atoms with E-state index < -0.39 is 0 Å². The van der Waals surface area contributed by atoms with Crippen molar-refractivity contribution in [2.75, 3.05) is 5.32 Å². The van der Waals surface area contributed by atoms with Gasteiger partial charge in [-0.05, 0) is 42.5 Å². The zero-order chi connectivity index (χ0) is 16.2. The number of nitrogens with zero attached hydrogens (tertiary/aromatic N) is 2. The number of nitrogens with one attached hydrogen (secondary N) is 1. The van der Waals surface area contributed by atoms with Crippen LogP contribution in [0, 0.1) is 0 Å². The minimum Gasteiger partial charge on any atom is -0.463 e. The monoisotopic (exact) mass is 329 g/mol. The minimum atomic E-state index is -0.369. The molecule has 0 saturated heterocycles. The number of hydrogen-bond donors (Lipinski definition) is 1. The Labute approximate surface area is 136 Å². The zero-order valence-electron chi connectivity index (χ0n) is 11.9. The Balaban J connectivity index is 1.76. The lowest BCUT2D eigenvalue weighted by atomic mass is 10.3. The van der Waals surface area contributed by atoms with Crippen molar-refractivity contribution < 1.29 is 9.21 Å². The number of carbonyl (C=O) groups excluding carboxylic acids is 1. The molecule has 23 heavy (non-hydrogen) atoms. The fraction of sp³-hybridized carbons (Fsp3) is 0.0625. The van der Waals surface area contributed by atoms with Gasteiger partial charge in [-0.15, -0.1) is 0 Å². The van der Waals surface area contributed by atoms with E-state index in [1.54, 1.807) is 42.5 Å². The van der Waals surface area contributed by atoms with E-state index >= 15 is 0 Å². The van der Waals surface area contributed by atoms with Crippen LogP contribution in [0.5, 0.6) is 0 Å². The molecule has 0 aliphatic rings. The first-order valence-electron chi connectivity index (χ1n) is 6.79. The molecule has 1 N–H and O–H groups in total. The van der Waals surface area contributed by atoms with Crippen molar-refractivity contribution in [3.63, 3.8) is 0 Å². The molecule has 0 radical (unpaired) electrons. The van der Waals surface area contributed by atoms with Gasteiger partial charge in [-0.3, -0.25) is 9.59 Å². The molecule has 0 aliphatic carbocycles. The van der Waals surface area contributed by atoms with E-state index in [0.29, 0.717) is 22.2 Å². The van der Waals surface area contributed by atoms with Crippen molar-refractivity contribution in [2.24, 2.45) is 0 Å². The summed E-state index contributed by atoms with van der Waals surface area (Å²) >= 11 is 5.79. The molecular formula is C16H12ClN3O3. The highest BCUT2D eigenvalue weighted by Gasteiger charge is 2.09. The molecule has 6 nitrogen and oxygen atoms in total. The highest BCUT2D eigenvalue weighted by Crippen LogP contribution is 2.15. The molecule has 0 spiro atoms.